The van der Waals surface area contributed by atoms with Crippen molar-refractivity contribution < 1.29 is 19.7 Å². The summed E-state index contributed by atoms with van der Waals surface area (Å²) >= 11 is 0. The number of rotatable bonds is 7. The number of carbonyl (C=O) groups excluding carboxylic acids is 1. The molecule has 4 heteroatoms. The van der Waals surface area contributed by atoms with Gasteiger partial charge in [-0.2, -0.15) is 5.26 Å². The van der Waals surface area contributed by atoms with Crippen LogP contribution in [0.1, 0.15) is 46.0 Å². The minimum atomic E-state index is -1.02. The van der Waals surface area contributed by atoms with Crippen LogP contribution in [0.4, 0.5) is 4.79 Å². The fraction of sp³-hybridized carbons (Fsp3) is 0.900. The van der Waals surface area contributed by atoms with Crippen molar-refractivity contribution in [1.29, 1.82) is 0 Å². The van der Waals surface area contributed by atoms with Crippen LogP contribution in [0.3, 0.4) is 0 Å². The van der Waals surface area contributed by atoms with Gasteiger partial charge in [0, 0.05) is 0 Å². The first-order valence-corrected chi connectivity index (χ1v) is 5.22. The highest BCUT2D eigenvalue weighted by molar-refractivity contribution is 5.58. The summed E-state index contributed by atoms with van der Waals surface area (Å²) < 4.78 is 4.59. The van der Waals surface area contributed by atoms with Crippen molar-refractivity contribution in [3.8, 4) is 0 Å². The highest BCUT2D eigenvalue weighted by atomic mass is 17.1. The maximum absolute atomic E-state index is 10.4. The predicted octanol–water partition coefficient (Wildman–Crippen LogP) is 3.22. The average molecular weight is 204 g/mol. The van der Waals surface area contributed by atoms with Gasteiger partial charge in [0.1, 0.15) is 0 Å². The first-order chi connectivity index (χ1) is 6.74. The van der Waals surface area contributed by atoms with Gasteiger partial charge in [0.05, 0.1) is 6.61 Å². The number of carbonyl (C=O) groups is 1. The molecule has 1 atom stereocenters. The highest BCUT2D eigenvalue weighted by Gasteiger charge is 2.08. The third-order valence-corrected chi connectivity index (χ3v) is 2.36. The second kappa shape index (κ2) is 8.81. The van der Waals surface area contributed by atoms with Crippen LogP contribution < -0.4 is 0 Å². The largest absolute Gasteiger partial charge is 0.540 e. The molecule has 0 amide bonds. The zero-order chi connectivity index (χ0) is 10.8. The highest BCUT2D eigenvalue weighted by Crippen LogP contribution is 2.16. The van der Waals surface area contributed by atoms with Crippen molar-refractivity contribution in [2.75, 3.05) is 6.61 Å². The molecule has 1 unspecified atom stereocenters. The van der Waals surface area contributed by atoms with E-state index in [0.29, 0.717) is 12.5 Å². The van der Waals surface area contributed by atoms with E-state index in [4.69, 9.17) is 5.26 Å². The summed E-state index contributed by atoms with van der Waals surface area (Å²) in [5.41, 5.74) is 0. The van der Waals surface area contributed by atoms with Gasteiger partial charge in [0.15, 0.2) is 0 Å². The number of hydrogen-bond donors (Lipinski definition) is 1. The second-order valence-corrected chi connectivity index (χ2v) is 3.39. The minimum Gasteiger partial charge on any atom is -0.432 e. The molecule has 84 valence electrons. The van der Waals surface area contributed by atoms with Crippen LogP contribution in [-0.2, 0) is 9.62 Å². The van der Waals surface area contributed by atoms with Crippen molar-refractivity contribution in [2.24, 2.45) is 5.92 Å². The zero-order valence-corrected chi connectivity index (χ0v) is 8.99. The molecule has 0 bridgehead atoms. The van der Waals surface area contributed by atoms with Gasteiger partial charge in [-0.15, -0.1) is 0 Å². The summed E-state index contributed by atoms with van der Waals surface area (Å²) in [7, 11) is 0. The Balaban J connectivity index is 3.46. The normalized spacial score (nSPS) is 12.2. The predicted molar refractivity (Wildman–Crippen MR) is 53.0 cm³/mol. The van der Waals surface area contributed by atoms with Crippen LogP contribution in [0, 0.1) is 5.92 Å². The Hall–Kier alpha value is -0.770. The van der Waals surface area contributed by atoms with Gasteiger partial charge >= 0.3 is 6.16 Å². The topological polar surface area (TPSA) is 55.8 Å². The van der Waals surface area contributed by atoms with E-state index in [1.54, 1.807) is 0 Å². The Morgan fingerprint density at radius 1 is 1.36 bits per heavy atom. The first kappa shape index (κ1) is 13.2. The molecule has 0 saturated carbocycles. The molecule has 0 heterocycles. The van der Waals surface area contributed by atoms with Crippen LogP contribution in [0.5, 0.6) is 0 Å². The zero-order valence-electron chi connectivity index (χ0n) is 8.99. The van der Waals surface area contributed by atoms with Gasteiger partial charge in [0.25, 0.3) is 0 Å². The third kappa shape index (κ3) is 6.71. The first-order valence-electron chi connectivity index (χ1n) is 5.22. The molecule has 4 nitrogen and oxygen atoms in total. The fourth-order valence-corrected chi connectivity index (χ4v) is 1.38. The van der Waals surface area contributed by atoms with Crippen molar-refractivity contribution in [3.05, 3.63) is 0 Å². The Kier molecular flexibility index (Phi) is 8.33. The van der Waals surface area contributed by atoms with Crippen LogP contribution in [0.15, 0.2) is 0 Å². The minimum absolute atomic E-state index is 0.321. The lowest BCUT2D eigenvalue weighted by Crippen LogP contribution is -2.09. The second-order valence-electron chi connectivity index (χ2n) is 3.39. The lowest BCUT2D eigenvalue weighted by atomic mass is 9.96. The maximum atomic E-state index is 10.4. The summed E-state index contributed by atoms with van der Waals surface area (Å²) in [6, 6.07) is 0. The molecular formula is C10H20O4. The Morgan fingerprint density at radius 2 is 2.07 bits per heavy atom. The Bertz CT molecular complexity index is 147. The van der Waals surface area contributed by atoms with E-state index >= 15 is 0 Å². The molecule has 0 aliphatic carbocycles. The van der Waals surface area contributed by atoms with Gasteiger partial charge in [0.2, 0.25) is 0 Å². The van der Waals surface area contributed by atoms with Crippen LogP contribution in [0.25, 0.3) is 0 Å². The molecule has 0 aliphatic rings. The quantitative estimate of drug-likeness (QED) is 0.393. The van der Waals surface area contributed by atoms with E-state index in [2.05, 4.69) is 23.5 Å². The molecule has 0 spiro atoms. The summed E-state index contributed by atoms with van der Waals surface area (Å²) in [6.45, 7) is 4.61. The summed E-state index contributed by atoms with van der Waals surface area (Å²) in [5, 5.41) is 7.92. The molecule has 0 aromatic carbocycles. The van der Waals surface area contributed by atoms with E-state index in [0.717, 1.165) is 12.8 Å². The fourth-order valence-electron chi connectivity index (χ4n) is 1.38. The van der Waals surface area contributed by atoms with E-state index in [-0.39, 0.29) is 0 Å². The summed E-state index contributed by atoms with van der Waals surface area (Å²) in [4.78, 5) is 13.8. The van der Waals surface area contributed by atoms with E-state index in [9.17, 15) is 4.79 Å². The Labute approximate surface area is 85.1 Å². The lowest BCUT2D eigenvalue weighted by Gasteiger charge is -2.13. The van der Waals surface area contributed by atoms with Crippen LogP contribution >= 0.6 is 0 Å². The molecule has 0 aromatic rings. The number of ether oxygens (including phenoxy) is 1. The molecular weight excluding hydrogens is 184 g/mol. The van der Waals surface area contributed by atoms with Gasteiger partial charge in [-0.1, -0.05) is 39.5 Å². The Morgan fingerprint density at radius 3 is 2.57 bits per heavy atom. The summed E-state index contributed by atoms with van der Waals surface area (Å²) in [5.74, 6) is 0.599. The maximum Gasteiger partial charge on any atom is 0.540 e. The SMILES string of the molecule is CCCCC(CC)CCOC(=O)OO. The van der Waals surface area contributed by atoms with Crippen molar-refractivity contribution in [3.63, 3.8) is 0 Å². The van der Waals surface area contributed by atoms with Gasteiger partial charge in [-0.25, -0.2) is 4.79 Å². The molecule has 0 aromatic heterocycles. The van der Waals surface area contributed by atoms with Gasteiger partial charge in [-0.3, -0.25) is 4.89 Å². The van der Waals surface area contributed by atoms with E-state index < -0.39 is 6.16 Å². The van der Waals surface area contributed by atoms with E-state index in [1.165, 1.54) is 19.3 Å². The summed E-state index contributed by atoms with van der Waals surface area (Å²) in [6.07, 6.45) is 4.49. The molecule has 0 rings (SSSR count). The monoisotopic (exact) mass is 204 g/mol. The van der Waals surface area contributed by atoms with Gasteiger partial charge in [-0.05, 0) is 12.3 Å². The number of hydrogen-bond acceptors (Lipinski definition) is 4. The van der Waals surface area contributed by atoms with Crippen molar-refractivity contribution in [2.45, 2.75) is 46.0 Å². The standard InChI is InChI=1S/C10H20O4/c1-3-5-6-9(4-2)7-8-13-10(11)14-12/h9,12H,3-8H2,1-2H3. The molecule has 1 N–H and O–H groups in total. The lowest BCUT2D eigenvalue weighted by molar-refractivity contribution is -0.200. The third-order valence-electron chi connectivity index (χ3n) is 2.36. The molecule has 0 aliphatic heterocycles. The molecule has 0 radical (unpaired) electrons. The smallest absolute Gasteiger partial charge is 0.432 e. The van der Waals surface area contributed by atoms with Crippen molar-refractivity contribution in [1.82, 2.24) is 0 Å². The van der Waals surface area contributed by atoms with E-state index in [1.807, 2.05) is 0 Å². The number of unbranched alkanes of at least 4 members (excludes halogenated alkanes) is 1. The van der Waals surface area contributed by atoms with Crippen molar-refractivity contribution >= 4 is 6.16 Å². The van der Waals surface area contributed by atoms with Crippen LogP contribution in [-0.4, -0.2) is 18.0 Å². The average Bonchev–Trinajstić information content (AvgIpc) is 2.22. The van der Waals surface area contributed by atoms with Gasteiger partial charge < -0.3 is 4.74 Å². The van der Waals surface area contributed by atoms with Crippen LogP contribution in [0.2, 0.25) is 0 Å². The molecule has 0 saturated heterocycles. The molecule has 0 fully saturated rings. The molecule has 14 heavy (non-hydrogen) atoms.